The van der Waals surface area contributed by atoms with Gasteiger partial charge in [0.25, 0.3) is 5.91 Å². The van der Waals surface area contributed by atoms with E-state index < -0.39 is 15.7 Å². The summed E-state index contributed by atoms with van der Waals surface area (Å²) in [6, 6.07) is 7.20. The molecule has 0 saturated carbocycles. The predicted octanol–water partition coefficient (Wildman–Crippen LogP) is 1.88. The van der Waals surface area contributed by atoms with Crippen molar-refractivity contribution in [3.63, 3.8) is 0 Å². The Hall–Kier alpha value is -1.86. The summed E-state index contributed by atoms with van der Waals surface area (Å²) in [6.45, 7) is 4.63. The third-order valence-corrected chi connectivity index (χ3v) is 7.34. The highest BCUT2D eigenvalue weighted by Gasteiger charge is 2.44. The molecule has 3 aliphatic rings. The van der Waals surface area contributed by atoms with Crippen LogP contribution < -0.4 is 0 Å². The summed E-state index contributed by atoms with van der Waals surface area (Å²) in [5.74, 6) is -0.391. The minimum absolute atomic E-state index is 0.0469. The fraction of sp³-hybridized carbons (Fsp3) is 0.526. The zero-order chi connectivity index (χ0) is 18.3. The molecule has 2 fully saturated rings. The first-order valence-corrected chi connectivity index (χ1v) is 10.7. The van der Waals surface area contributed by atoms with Crippen LogP contribution in [0.3, 0.4) is 0 Å². The lowest BCUT2D eigenvalue weighted by Crippen LogP contribution is -2.43. The fourth-order valence-electron chi connectivity index (χ4n) is 4.10. The third kappa shape index (κ3) is 2.74. The second kappa shape index (κ2) is 6.70. The molecule has 0 spiro atoms. The van der Waals surface area contributed by atoms with Crippen molar-refractivity contribution >= 4 is 21.4 Å². The number of rotatable bonds is 2. The number of sulfone groups is 1. The van der Waals surface area contributed by atoms with E-state index in [1.54, 1.807) is 17.0 Å². The maximum absolute atomic E-state index is 13.3. The van der Waals surface area contributed by atoms with Crippen molar-refractivity contribution in [2.24, 2.45) is 0 Å². The van der Waals surface area contributed by atoms with Crippen molar-refractivity contribution in [3.8, 4) is 0 Å². The number of nitrogens with zero attached hydrogens (tertiary/aromatic N) is 2. The van der Waals surface area contributed by atoms with Crippen molar-refractivity contribution in [1.82, 2.24) is 9.80 Å². The number of carbonyl (C=O) groups is 1. The average molecular weight is 376 g/mol. The molecule has 0 radical (unpaired) electrons. The van der Waals surface area contributed by atoms with Crippen LogP contribution >= 0.6 is 0 Å². The van der Waals surface area contributed by atoms with Gasteiger partial charge >= 0.3 is 0 Å². The van der Waals surface area contributed by atoms with Gasteiger partial charge in [-0.15, -0.1) is 0 Å². The van der Waals surface area contributed by atoms with Crippen LogP contribution in [0.1, 0.15) is 31.7 Å². The highest BCUT2D eigenvalue weighted by atomic mass is 32.2. The molecule has 140 valence electrons. The Morgan fingerprint density at radius 1 is 1.12 bits per heavy atom. The molecule has 0 aromatic heterocycles. The van der Waals surface area contributed by atoms with E-state index in [-0.39, 0.29) is 15.8 Å². The highest BCUT2D eigenvalue weighted by Crippen LogP contribution is 2.43. The van der Waals surface area contributed by atoms with E-state index in [1.807, 2.05) is 12.1 Å². The molecular weight excluding hydrogens is 352 g/mol. The van der Waals surface area contributed by atoms with Gasteiger partial charge in [0.05, 0.1) is 23.8 Å². The monoisotopic (exact) mass is 376 g/mol. The molecule has 3 heterocycles. The topological polar surface area (TPSA) is 66.9 Å². The van der Waals surface area contributed by atoms with Crippen LogP contribution in [-0.2, 0) is 19.4 Å². The number of hydrogen-bond acceptors (Lipinski definition) is 5. The number of piperidine rings is 1. The summed E-state index contributed by atoms with van der Waals surface area (Å²) >= 11 is 0. The Kier molecular flexibility index (Phi) is 4.52. The minimum atomic E-state index is -3.81. The van der Waals surface area contributed by atoms with E-state index in [2.05, 4.69) is 11.8 Å². The van der Waals surface area contributed by atoms with Crippen molar-refractivity contribution in [2.45, 2.75) is 37.1 Å². The number of morpholine rings is 1. The van der Waals surface area contributed by atoms with Crippen molar-refractivity contribution in [2.75, 3.05) is 32.8 Å². The zero-order valence-corrected chi connectivity index (χ0v) is 15.8. The number of likely N-dealkylation sites (tertiary alicyclic amines) is 1. The van der Waals surface area contributed by atoms with Crippen molar-refractivity contribution < 1.29 is 17.9 Å². The summed E-state index contributed by atoms with van der Waals surface area (Å²) in [5.41, 5.74) is 1.27. The van der Waals surface area contributed by atoms with Gasteiger partial charge in [0.2, 0.25) is 9.84 Å². The first-order valence-electron chi connectivity index (χ1n) is 9.24. The molecule has 0 N–H and O–H groups in total. The van der Waals surface area contributed by atoms with Gasteiger partial charge in [0.15, 0.2) is 4.91 Å². The second-order valence-corrected chi connectivity index (χ2v) is 8.98. The Bertz CT molecular complexity index is 856. The van der Waals surface area contributed by atoms with Gasteiger partial charge in [-0.25, -0.2) is 8.42 Å². The number of benzene rings is 1. The maximum atomic E-state index is 13.3. The molecule has 2 saturated heterocycles. The van der Waals surface area contributed by atoms with Crippen molar-refractivity contribution in [3.05, 3.63) is 34.7 Å². The van der Waals surface area contributed by atoms with E-state index in [0.29, 0.717) is 37.6 Å². The number of fused-ring (bicyclic) bond motifs is 1. The lowest BCUT2D eigenvalue weighted by atomic mass is 10.00. The summed E-state index contributed by atoms with van der Waals surface area (Å²) in [4.78, 5) is 17.2. The largest absolute Gasteiger partial charge is 0.378 e. The molecule has 1 amide bonds. The lowest BCUT2D eigenvalue weighted by Gasteiger charge is -2.37. The van der Waals surface area contributed by atoms with E-state index in [9.17, 15) is 13.2 Å². The first-order chi connectivity index (χ1) is 12.5. The summed E-state index contributed by atoms with van der Waals surface area (Å²) < 4.78 is 31.8. The molecule has 1 aromatic carbocycles. The number of hydrogen-bond donors (Lipinski definition) is 0. The van der Waals surface area contributed by atoms with E-state index in [0.717, 1.165) is 25.8 Å². The SMILES string of the molecule is C[C@H]1CCCCN1C1=C(C(=O)N2CCOCC2)S(=O)(=O)c2ccccc21. The molecular formula is C19H24N2O4S. The predicted molar refractivity (Wildman–Crippen MR) is 98.0 cm³/mol. The Morgan fingerprint density at radius 2 is 1.85 bits per heavy atom. The van der Waals surface area contributed by atoms with Gasteiger partial charge in [-0.2, -0.15) is 0 Å². The lowest BCUT2D eigenvalue weighted by molar-refractivity contribution is -0.130. The Morgan fingerprint density at radius 3 is 2.58 bits per heavy atom. The first kappa shape index (κ1) is 17.5. The number of carbonyl (C=O) groups excluding carboxylic acids is 1. The quantitative estimate of drug-likeness (QED) is 0.788. The smallest absolute Gasteiger partial charge is 0.268 e. The fourth-order valence-corrected chi connectivity index (χ4v) is 5.87. The van der Waals surface area contributed by atoms with Gasteiger partial charge < -0.3 is 14.5 Å². The molecule has 1 aromatic rings. The molecule has 3 aliphatic heterocycles. The highest BCUT2D eigenvalue weighted by molar-refractivity contribution is 7.97. The minimum Gasteiger partial charge on any atom is -0.378 e. The van der Waals surface area contributed by atoms with E-state index in [1.165, 1.54) is 0 Å². The van der Waals surface area contributed by atoms with Gasteiger partial charge in [0, 0.05) is 31.2 Å². The Balaban J connectivity index is 1.87. The van der Waals surface area contributed by atoms with Crippen molar-refractivity contribution in [1.29, 1.82) is 0 Å². The van der Waals surface area contributed by atoms with Gasteiger partial charge in [-0.3, -0.25) is 4.79 Å². The molecule has 6 nitrogen and oxygen atoms in total. The van der Waals surface area contributed by atoms with E-state index in [4.69, 9.17) is 4.74 Å². The average Bonchev–Trinajstić information content (AvgIpc) is 2.90. The molecule has 7 heteroatoms. The van der Waals surface area contributed by atoms with Gasteiger partial charge in [0.1, 0.15) is 0 Å². The van der Waals surface area contributed by atoms with Gasteiger partial charge in [-0.1, -0.05) is 18.2 Å². The summed E-state index contributed by atoms with van der Waals surface area (Å²) in [7, 11) is -3.81. The van der Waals surface area contributed by atoms with Crippen LogP contribution in [0.25, 0.3) is 5.70 Å². The zero-order valence-electron chi connectivity index (χ0n) is 15.0. The molecule has 4 rings (SSSR count). The summed E-state index contributed by atoms with van der Waals surface area (Å²) in [6.07, 6.45) is 3.14. The molecule has 1 atom stereocenters. The summed E-state index contributed by atoms with van der Waals surface area (Å²) in [5, 5.41) is 0. The number of ether oxygens (including phenoxy) is 1. The van der Waals surface area contributed by atoms with Crippen LogP contribution in [0.2, 0.25) is 0 Å². The second-order valence-electron chi connectivity index (χ2n) is 7.12. The molecule has 0 aliphatic carbocycles. The maximum Gasteiger partial charge on any atom is 0.268 e. The number of amides is 1. The van der Waals surface area contributed by atoms with Crippen LogP contribution in [0, 0.1) is 0 Å². The van der Waals surface area contributed by atoms with Crippen LogP contribution in [-0.4, -0.2) is 63.0 Å². The Labute approximate surface area is 154 Å². The molecule has 0 bridgehead atoms. The standard InChI is InChI=1S/C19H24N2O4S/c1-14-6-4-5-9-21(14)17-15-7-2-3-8-16(15)26(23,24)18(17)19(22)20-10-12-25-13-11-20/h2-3,7-8,14H,4-6,9-13H2,1H3/t14-/m0/s1. The third-order valence-electron chi connectivity index (χ3n) is 5.50. The molecule has 26 heavy (non-hydrogen) atoms. The van der Waals surface area contributed by atoms with Crippen LogP contribution in [0.4, 0.5) is 0 Å². The van der Waals surface area contributed by atoms with Gasteiger partial charge in [-0.05, 0) is 32.3 Å². The van der Waals surface area contributed by atoms with Crippen LogP contribution in [0.15, 0.2) is 34.1 Å². The van der Waals surface area contributed by atoms with Crippen LogP contribution in [0.5, 0.6) is 0 Å². The molecule has 0 unspecified atom stereocenters. The normalized spacial score (nSPS) is 25.3. The van der Waals surface area contributed by atoms with E-state index >= 15 is 0 Å².